The van der Waals surface area contributed by atoms with Gasteiger partial charge < -0.3 is 9.64 Å². The molecule has 2 aromatic rings. The standard InChI is InChI=1S/C19H23NO2/c1-15(13-20(2)14-16-8-5-4-6-9-16)19(21)17-10-7-11-18(12-17)22-3/h4-12,15H,13-14H2,1-3H3/t15-/m0/s1. The summed E-state index contributed by atoms with van der Waals surface area (Å²) in [5.41, 5.74) is 1.96. The summed E-state index contributed by atoms with van der Waals surface area (Å²) in [4.78, 5) is 14.7. The van der Waals surface area contributed by atoms with Crippen LogP contribution >= 0.6 is 0 Å². The monoisotopic (exact) mass is 297 g/mol. The molecule has 0 aromatic heterocycles. The second kappa shape index (κ2) is 7.76. The predicted octanol–water partition coefficient (Wildman–Crippen LogP) is 3.65. The summed E-state index contributed by atoms with van der Waals surface area (Å²) in [7, 11) is 3.66. The first-order valence-corrected chi connectivity index (χ1v) is 7.51. The summed E-state index contributed by atoms with van der Waals surface area (Å²) in [6.45, 7) is 3.55. The molecule has 0 N–H and O–H groups in total. The zero-order chi connectivity index (χ0) is 15.9. The molecular weight excluding hydrogens is 274 g/mol. The number of carbonyl (C=O) groups is 1. The highest BCUT2D eigenvalue weighted by Crippen LogP contribution is 2.17. The second-order valence-electron chi connectivity index (χ2n) is 5.68. The minimum Gasteiger partial charge on any atom is -0.497 e. The third-order valence-corrected chi connectivity index (χ3v) is 3.68. The van der Waals surface area contributed by atoms with E-state index in [1.807, 2.05) is 50.4 Å². The van der Waals surface area contributed by atoms with Crippen molar-refractivity contribution in [1.29, 1.82) is 0 Å². The highest BCUT2D eigenvalue weighted by atomic mass is 16.5. The third-order valence-electron chi connectivity index (χ3n) is 3.68. The first kappa shape index (κ1) is 16.2. The molecule has 0 aliphatic rings. The maximum Gasteiger partial charge on any atom is 0.167 e. The molecule has 0 saturated carbocycles. The van der Waals surface area contributed by atoms with E-state index < -0.39 is 0 Å². The predicted molar refractivity (Wildman–Crippen MR) is 89.3 cm³/mol. The maximum atomic E-state index is 12.5. The average Bonchev–Trinajstić information content (AvgIpc) is 2.55. The van der Waals surface area contributed by atoms with Gasteiger partial charge in [0, 0.05) is 24.6 Å². The van der Waals surface area contributed by atoms with Gasteiger partial charge in [0.25, 0.3) is 0 Å². The van der Waals surface area contributed by atoms with Gasteiger partial charge in [-0.25, -0.2) is 0 Å². The molecule has 0 aliphatic heterocycles. The van der Waals surface area contributed by atoms with Crippen LogP contribution in [-0.2, 0) is 6.54 Å². The lowest BCUT2D eigenvalue weighted by molar-refractivity contribution is 0.0900. The van der Waals surface area contributed by atoms with Gasteiger partial charge in [-0.2, -0.15) is 0 Å². The quantitative estimate of drug-likeness (QED) is 0.731. The number of ether oxygens (including phenoxy) is 1. The molecule has 3 nitrogen and oxygen atoms in total. The highest BCUT2D eigenvalue weighted by Gasteiger charge is 2.17. The van der Waals surface area contributed by atoms with E-state index in [2.05, 4.69) is 17.0 Å². The van der Waals surface area contributed by atoms with E-state index in [-0.39, 0.29) is 11.7 Å². The minimum absolute atomic E-state index is 0.0548. The van der Waals surface area contributed by atoms with Gasteiger partial charge in [0.2, 0.25) is 0 Å². The molecule has 0 bridgehead atoms. The molecule has 0 fully saturated rings. The zero-order valence-electron chi connectivity index (χ0n) is 13.5. The van der Waals surface area contributed by atoms with Gasteiger partial charge in [-0.05, 0) is 24.7 Å². The van der Waals surface area contributed by atoms with Crippen LogP contribution < -0.4 is 4.74 Å². The lowest BCUT2D eigenvalue weighted by atomic mass is 9.98. The Morgan fingerprint density at radius 3 is 2.55 bits per heavy atom. The van der Waals surface area contributed by atoms with Gasteiger partial charge in [-0.15, -0.1) is 0 Å². The minimum atomic E-state index is -0.0548. The van der Waals surface area contributed by atoms with Gasteiger partial charge in [-0.1, -0.05) is 49.4 Å². The number of Topliss-reactive ketones (excluding diaryl/α,β-unsaturated/α-hetero) is 1. The van der Waals surface area contributed by atoms with Gasteiger partial charge >= 0.3 is 0 Å². The van der Waals surface area contributed by atoms with Crippen molar-refractivity contribution in [1.82, 2.24) is 4.90 Å². The molecule has 0 amide bonds. The number of methoxy groups -OCH3 is 1. The lowest BCUT2D eigenvalue weighted by Crippen LogP contribution is -2.28. The number of rotatable bonds is 7. The van der Waals surface area contributed by atoms with Crippen LogP contribution in [0.4, 0.5) is 0 Å². The number of hydrogen-bond donors (Lipinski definition) is 0. The van der Waals surface area contributed by atoms with Crippen molar-refractivity contribution in [3.63, 3.8) is 0 Å². The summed E-state index contributed by atoms with van der Waals surface area (Å²) in [6.07, 6.45) is 0. The maximum absolute atomic E-state index is 12.5. The highest BCUT2D eigenvalue weighted by molar-refractivity contribution is 5.98. The van der Waals surface area contributed by atoms with Gasteiger partial charge in [0.15, 0.2) is 5.78 Å². The molecular formula is C19H23NO2. The first-order valence-electron chi connectivity index (χ1n) is 7.51. The molecule has 0 unspecified atom stereocenters. The summed E-state index contributed by atoms with van der Waals surface area (Å²) in [5.74, 6) is 0.815. The van der Waals surface area contributed by atoms with Crippen LogP contribution in [0.5, 0.6) is 5.75 Å². The molecule has 2 aromatic carbocycles. The van der Waals surface area contributed by atoms with Crippen LogP contribution in [0.2, 0.25) is 0 Å². The van der Waals surface area contributed by atoms with Crippen molar-refractivity contribution in [3.05, 3.63) is 65.7 Å². The summed E-state index contributed by atoms with van der Waals surface area (Å²) in [6, 6.07) is 17.6. The Morgan fingerprint density at radius 1 is 1.14 bits per heavy atom. The fourth-order valence-corrected chi connectivity index (χ4v) is 2.57. The molecule has 0 heterocycles. The van der Waals surface area contributed by atoms with Crippen molar-refractivity contribution >= 4 is 5.78 Å². The molecule has 116 valence electrons. The Bertz CT molecular complexity index is 610. The normalized spacial score (nSPS) is 12.2. The van der Waals surface area contributed by atoms with Crippen molar-refractivity contribution in [2.45, 2.75) is 13.5 Å². The Hall–Kier alpha value is -2.13. The fourth-order valence-electron chi connectivity index (χ4n) is 2.57. The van der Waals surface area contributed by atoms with Crippen LogP contribution in [0, 0.1) is 5.92 Å². The van der Waals surface area contributed by atoms with E-state index in [1.165, 1.54) is 5.56 Å². The van der Waals surface area contributed by atoms with Crippen LogP contribution in [0.1, 0.15) is 22.8 Å². The molecule has 22 heavy (non-hydrogen) atoms. The Kier molecular flexibility index (Phi) is 5.73. The van der Waals surface area contributed by atoms with Gasteiger partial charge in [0.05, 0.1) is 7.11 Å². The third kappa shape index (κ3) is 4.43. The van der Waals surface area contributed by atoms with Crippen LogP contribution in [-0.4, -0.2) is 31.4 Å². The Labute approximate surface area is 132 Å². The van der Waals surface area contributed by atoms with Gasteiger partial charge in [-0.3, -0.25) is 4.79 Å². The van der Waals surface area contributed by atoms with E-state index in [9.17, 15) is 4.79 Å². The van der Waals surface area contributed by atoms with E-state index in [0.29, 0.717) is 5.56 Å². The van der Waals surface area contributed by atoms with Crippen molar-refractivity contribution in [3.8, 4) is 5.75 Å². The molecule has 1 atom stereocenters. The largest absolute Gasteiger partial charge is 0.497 e. The first-order chi connectivity index (χ1) is 10.6. The van der Waals surface area contributed by atoms with E-state index >= 15 is 0 Å². The van der Waals surface area contributed by atoms with E-state index in [4.69, 9.17) is 4.74 Å². The number of ketones is 1. The van der Waals surface area contributed by atoms with E-state index in [0.717, 1.165) is 18.8 Å². The number of nitrogens with zero attached hydrogens (tertiary/aromatic N) is 1. The van der Waals surface area contributed by atoms with Crippen molar-refractivity contribution in [2.24, 2.45) is 5.92 Å². The number of benzene rings is 2. The summed E-state index contributed by atoms with van der Waals surface area (Å²) >= 11 is 0. The van der Waals surface area contributed by atoms with Gasteiger partial charge in [0.1, 0.15) is 5.75 Å². The topological polar surface area (TPSA) is 29.5 Å². The second-order valence-corrected chi connectivity index (χ2v) is 5.68. The fraction of sp³-hybridized carbons (Fsp3) is 0.316. The SMILES string of the molecule is COc1cccc(C(=O)[C@@H](C)CN(C)Cc2ccccc2)c1. The number of hydrogen-bond acceptors (Lipinski definition) is 3. The summed E-state index contributed by atoms with van der Waals surface area (Å²) in [5, 5.41) is 0. The molecule has 0 spiro atoms. The smallest absolute Gasteiger partial charge is 0.167 e. The van der Waals surface area contributed by atoms with Crippen molar-refractivity contribution < 1.29 is 9.53 Å². The molecule has 0 saturated heterocycles. The van der Waals surface area contributed by atoms with Crippen LogP contribution in [0.25, 0.3) is 0 Å². The zero-order valence-corrected chi connectivity index (χ0v) is 13.5. The van der Waals surface area contributed by atoms with Crippen molar-refractivity contribution in [2.75, 3.05) is 20.7 Å². The Morgan fingerprint density at radius 2 is 1.86 bits per heavy atom. The lowest BCUT2D eigenvalue weighted by Gasteiger charge is -2.21. The molecule has 0 radical (unpaired) electrons. The molecule has 0 aliphatic carbocycles. The molecule has 2 rings (SSSR count). The van der Waals surface area contributed by atoms with Crippen LogP contribution in [0.15, 0.2) is 54.6 Å². The molecule has 3 heteroatoms. The van der Waals surface area contributed by atoms with E-state index in [1.54, 1.807) is 13.2 Å². The number of carbonyl (C=O) groups excluding carboxylic acids is 1. The Balaban J connectivity index is 1.95. The van der Waals surface area contributed by atoms with Crippen LogP contribution in [0.3, 0.4) is 0 Å². The summed E-state index contributed by atoms with van der Waals surface area (Å²) < 4.78 is 5.18. The average molecular weight is 297 g/mol.